The summed E-state index contributed by atoms with van der Waals surface area (Å²) in [4.78, 5) is 0. The summed E-state index contributed by atoms with van der Waals surface area (Å²) < 4.78 is 14.1. The summed E-state index contributed by atoms with van der Waals surface area (Å²) in [6.07, 6.45) is 2.11. The molecule has 2 heterocycles. The zero-order chi connectivity index (χ0) is 30.9. The van der Waals surface area contributed by atoms with Crippen LogP contribution in [-0.2, 0) is 21.4 Å². The summed E-state index contributed by atoms with van der Waals surface area (Å²) in [7, 11) is 0. The Kier molecular flexibility index (Phi) is 6.97. The molecule has 222 valence electrons. The molecule has 0 aromatic heterocycles. The van der Waals surface area contributed by atoms with Crippen molar-refractivity contribution in [3.63, 3.8) is 0 Å². The summed E-state index contributed by atoms with van der Waals surface area (Å²) >= 11 is 6.65. The van der Waals surface area contributed by atoms with Crippen LogP contribution in [0.15, 0.2) is 78.9 Å². The summed E-state index contributed by atoms with van der Waals surface area (Å²) in [5.74, 6) is 0.495. The van der Waals surface area contributed by atoms with Crippen LogP contribution < -0.4 is 4.74 Å². The zero-order valence-electron chi connectivity index (χ0n) is 26.4. The molecule has 0 saturated carbocycles. The third-order valence-electron chi connectivity index (χ3n) is 9.00. The van der Waals surface area contributed by atoms with Gasteiger partial charge in [-0.2, -0.15) is 0 Å². The van der Waals surface area contributed by atoms with Gasteiger partial charge in [0.05, 0.1) is 0 Å². The van der Waals surface area contributed by atoms with Gasteiger partial charge < -0.3 is 14.6 Å². The van der Waals surface area contributed by atoms with E-state index in [1.807, 2.05) is 24.3 Å². The van der Waals surface area contributed by atoms with E-state index >= 15 is 0 Å². The van der Waals surface area contributed by atoms with Crippen LogP contribution in [0.25, 0.3) is 11.8 Å². The number of benzene rings is 4. The van der Waals surface area contributed by atoms with Gasteiger partial charge in [-0.15, -0.1) is 0 Å². The van der Waals surface area contributed by atoms with Crippen LogP contribution in [0, 0.1) is 12.8 Å². The third-order valence-corrected chi connectivity index (χ3v) is 9.23. The molecule has 0 saturated heterocycles. The Bertz CT molecular complexity index is 1700. The molecule has 2 aliphatic heterocycles. The van der Waals surface area contributed by atoms with Gasteiger partial charge in [-0.25, -0.2) is 0 Å². The molecule has 4 aromatic rings. The van der Waals surface area contributed by atoms with E-state index in [0.29, 0.717) is 10.8 Å². The lowest BCUT2D eigenvalue weighted by atomic mass is 9.69. The highest BCUT2D eigenvalue weighted by Gasteiger charge is 2.54. The molecule has 0 unspecified atom stereocenters. The van der Waals surface area contributed by atoms with Gasteiger partial charge in [-0.1, -0.05) is 126 Å². The summed E-state index contributed by atoms with van der Waals surface area (Å²) in [5.41, 5.74) is 7.72. The molecule has 4 aromatic carbocycles. The molecular weight excluding hydrogens is 552 g/mol. The van der Waals surface area contributed by atoms with E-state index < -0.39 is 5.79 Å². The number of hydrogen-bond donors (Lipinski definition) is 1. The van der Waals surface area contributed by atoms with Crippen molar-refractivity contribution in [2.24, 2.45) is 5.92 Å². The largest absolute Gasteiger partial charge is 0.507 e. The predicted molar refractivity (Wildman–Crippen MR) is 177 cm³/mol. The van der Waals surface area contributed by atoms with Crippen LogP contribution in [-0.4, -0.2) is 5.11 Å². The molecule has 0 radical (unpaired) electrons. The Morgan fingerprint density at radius 3 is 2.05 bits per heavy atom. The maximum absolute atomic E-state index is 11.6. The van der Waals surface area contributed by atoms with Gasteiger partial charge in [0, 0.05) is 33.5 Å². The zero-order valence-corrected chi connectivity index (χ0v) is 27.1. The smallest absolute Gasteiger partial charge is 0.282 e. The number of ether oxygens (including phenoxy) is 2. The summed E-state index contributed by atoms with van der Waals surface area (Å²) in [5, 5.41) is 12.2. The van der Waals surface area contributed by atoms with Gasteiger partial charge in [0.1, 0.15) is 17.3 Å². The highest BCUT2D eigenvalue weighted by Crippen LogP contribution is 2.57. The number of phenols is 1. The van der Waals surface area contributed by atoms with Crippen molar-refractivity contribution in [2.75, 3.05) is 0 Å². The number of aromatic hydroxyl groups is 1. The molecule has 4 heteroatoms. The molecule has 0 amide bonds. The number of fused-ring (bicyclic) bond motifs is 3. The van der Waals surface area contributed by atoms with E-state index in [9.17, 15) is 5.11 Å². The SMILES string of the molecule is Cc1ccc(C2=Cc3ccccc3[C@@]3(O2)Oc2ccc(Cl)cc2[C@@H](c2cc(C(C)(C)C)c(O)c(C(C)(C)C)c2)[C@@H]3C)cc1. The monoisotopic (exact) mass is 592 g/mol. The van der Waals surface area contributed by atoms with Crippen LogP contribution in [0.2, 0.25) is 5.02 Å². The second-order valence-corrected chi connectivity index (χ2v) is 14.7. The lowest BCUT2D eigenvalue weighted by Gasteiger charge is -2.49. The summed E-state index contributed by atoms with van der Waals surface area (Å²) in [6, 6.07) is 27.0. The number of halogens is 1. The Hall–Kier alpha value is -3.69. The lowest BCUT2D eigenvalue weighted by molar-refractivity contribution is -0.193. The molecule has 6 rings (SSSR count). The minimum atomic E-state index is -1.10. The van der Waals surface area contributed by atoms with Crippen molar-refractivity contribution in [3.05, 3.63) is 128 Å². The molecule has 0 aliphatic carbocycles. The Morgan fingerprint density at radius 1 is 0.791 bits per heavy atom. The van der Waals surface area contributed by atoms with Crippen molar-refractivity contribution in [2.45, 2.75) is 77.9 Å². The molecule has 0 fully saturated rings. The standard InChI is InChI=1S/C39H41ClO3/c1-23-13-15-25(16-14-23)34-21-26-11-9-10-12-30(26)39(43-34)24(2)35(29-22-28(40)17-18-33(29)42-39)27-19-31(37(3,4)5)36(41)32(20-27)38(6,7)8/h9-22,24,35,41H,1-8H3/t24-,35+,39+/m0/s1. The second-order valence-electron chi connectivity index (χ2n) is 14.2. The molecule has 3 atom stereocenters. The highest BCUT2D eigenvalue weighted by molar-refractivity contribution is 6.30. The maximum atomic E-state index is 11.6. The minimum Gasteiger partial charge on any atom is -0.507 e. The third kappa shape index (κ3) is 5.02. The molecule has 43 heavy (non-hydrogen) atoms. The number of rotatable bonds is 2. The van der Waals surface area contributed by atoms with Gasteiger partial charge in [0.25, 0.3) is 5.79 Å². The van der Waals surface area contributed by atoms with E-state index in [2.05, 4.69) is 116 Å². The normalized spacial score (nSPS) is 21.4. The Labute approximate surface area is 261 Å². The minimum absolute atomic E-state index is 0.129. The topological polar surface area (TPSA) is 38.7 Å². The summed E-state index contributed by atoms with van der Waals surface area (Å²) in [6.45, 7) is 17.2. The predicted octanol–water partition coefficient (Wildman–Crippen LogP) is 10.5. The van der Waals surface area contributed by atoms with Gasteiger partial charge >= 0.3 is 0 Å². The molecule has 1 spiro atoms. The van der Waals surface area contributed by atoms with Crippen molar-refractivity contribution < 1.29 is 14.6 Å². The van der Waals surface area contributed by atoms with Gasteiger partial charge in [0.2, 0.25) is 0 Å². The fourth-order valence-electron chi connectivity index (χ4n) is 6.65. The Balaban J connectivity index is 1.62. The fourth-order valence-corrected chi connectivity index (χ4v) is 6.83. The molecular formula is C39H41ClO3. The second kappa shape index (κ2) is 10.2. The quantitative estimate of drug-likeness (QED) is 0.251. The average Bonchev–Trinajstić information content (AvgIpc) is 2.93. The number of phenolic OH excluding ortho intramolecular Hbond substituents is 1. The van der Waals surface area contributed by atoms with Crippen molar-refractivity contribution in [1.82, 2.24) is 0 Å². The Morgan fingerprint density at radius 2 is 1.42 bits per heavy atom. The van der Waals surface area contributed by atoms with Crippen molar-refractivity contribution in [3.8, 4) is 11.5 Å². The van der Waals surface area contributed by atoms with Gasteiger partial charge in [0.15, 0.2) is 0 Å². The first kappa shape index (κ1) is 29.4. The van der Waals surface area contributed by atoms with E-state index in [0.717, 1.165) is 50.5 Å². The first-order valence-corrected chi connectivity index (χ1v) is 15.5. The van der Waals surface area contributed by atoms with Crippen LogP contribution in [0.5, 0.6) is 11.5 Å². The van der Waals surface area contributed by atoms with Crippen molar-refractivity contribution >= 4 is 23.4 Å². The number of aryl methyl sites for hydroxylation is 1. The highest BCUT2D eigenvalue weighted by atomic mass is 35.5. The van der Waals surface area contributed by atoms with Crippen LogP contribution >= 0.6 is 11.6 Å². The molecule has 3 nitrogen and oxygen atoms in total. The van der Waals surface area contributed by atoms with Crippen LogP contribution in [0.1, 0.15) is 98.9 Å². The van der Waals surface area contributed by atoms with E-state index in [-0.39, 0.29) is 22.7 Å². The molecule has 1 N–H and O–H groups in total. The maximum Gasteiger partial charge on any atom is 0.282 e. The van der Waals surface area contributed by atoms with E-state index in [1.165, 1.54) is 5.56 Å². The van der Waals surface area contributed by atoms with Gasteiger partial charge in [-0.3, -0.25) is 0 Å². The molecule has 2 aliphatic rings. The van der Waals surface area contributed by atoms with Crippen LogP contribution in [0.4, 0.5) is 0 Å². The first-order valence-electron chi connectivity index (χ1n) is 15.1. The van der Waals surface area contributed by atoms with Crippen molar-refractivity contribution in [1.29, 1.82) is 0 Å². The lowest BCUT2D eigenvalue weighted by Crippen LogP contribution is -2.49. The molecule has 0 bridgehead atoms. The first-order chi connectivity index (χ1) is 20.2. The average molecular weight is 593 g/mol. The number of hydrogen-bond acceptors (Lipinski definition) is 3. The van der Waals surface area contributed by atoms with E-state index in [1.54, 1.807) is 0 Å². The van der Waals surface area contributed by atoms with Gasteiger partial charge in [-0.05, 0) is 64.3 Å². The van der Waals surface area contributed by atoms with Crippen LogP contribution in [0.3, 0.4) is 0 Å². The fraction of sp³-hybridized carbons (Fsp3) is 0.333. The van der Waals surface area contributed by atoms with E-state index in [4.69, 9.17) is 21.1 Å².